The number of rotatable bonds is 6. The highest BCUT2D eigenvalue weighted by atomic mass is 35.5. The van der Waals surface area contributed by atoms with Crippen LogP contribution in [-0.4, -0.2) is 19.3 Å². The van der Waals surface area contributed by atoms with E-state index < -0.39 is 0 Å². The Hall–Kier alpha value is -2.94. The second-order valence-corrected chi connectivity index (χ2v) is 9.32. The Balaban J connectivity index is 1.54. The van der Waals surface area contributed by atoms with E-state index in [1.807, 2.05) is 59.2 Å². The Kier molecular flexibility index (Phi) is 5.82. The number of thiazole rings is 1. The topological polar surface area (TPSA) is 52.7 Å². The van der Waals surface area contributed by atoms with Crippen LogP contribution in [0.1, 0.15) is 11.4 Å². The number of hydrogen-bond acceptors (Lipinski definition) is 5. The quantitative estimate of drug-likeness (QED) is 0.288. The van der Waals surface area contributed by atoms with Crippen molar-refractivity contribution < 1.29 is 4.39 Å². The number of fused-ring (bicyclic) bond motifs is 1. The normalized spacial score (nSPS) is 11.3. The summed E-state index contributed by atoms with van der Waals surface area (Å²) < 4.78 is 18.8. The minimum atomic E-state index is -0.354. The highest BCUT2D eigenvalue weighted by Gasteiger charge is 2.18. The Morgan fingerprint density at radius 3 is 2.56 bits per heavy atom. The number of aromatic nitrogens is 4. The molecule has 0 aliphatic heterocycles. The summed E-state index contributed by atoms with van der Waals surface area (Å²) in [6.45, 7) is 0.270. The van der Waals surface area contributed by atoms with Gasteiger partial charge in [0.1, 0.15) is 5.82 Å². The van der Waals surface area contributed by atoms with E-state index >= 15 is 0 Å². The first-order valence-electron chi connectivity index (χ1n) is 9.75. The zero-order valence-electron chi connectivity index (χ0n) is 16.6. The van der Waals surface area contributed by atoms with Gasteiger partial charge in [-0.25, -0.2) is 4.39 Å². The molecule has 0 atom stereocenters. The lowest BCUT2D eigenvalue weighted by Crippen LogP contribution is -2.16. The fraction of sp³-hybridized carbons (Fsp3) is 0.0870. The van der Waals surface area contributed by atoms with Crippen molar-refractivity contribution in [3.05, 3.63) is 105 Å². The molecule has 0 aliphatic carbocycles. The zero-order valence-corrected chi connectivity index (χ0v) is 19.0. The van der Waals surface area contributed by atoms with Crippen LogP contribution in [-0.2, 0) is 12.3 Å². The van der Waals surface area contributed by atoms with Crippen LogP contribution in [0.25, 0.3) is 15.9 Å². The van der Waals surface area contributed by atoms with Crippen LogP contribution in [0.5, 0.6) is 0 Å². The molecule has 0 spiro atoms. The van der Waals surface area contributed by atoms with Crippen LogP contribution in [0.4, 0.5) is 4.39 Å². The molecule has 0 saturated carbocycles. The summed E-state index contributed by atoms with van der Waals surface area (Å²) in [4.78, 5) is 12.6. The fourth-order valence-electron chi connectivity index (χ4n) is 3.44. The highest BCUT2D eigenvalue weighted by Crippen LogP contribution is 2.30. The van der Waals surface area contributed by atoms with E-state index in [0.29, 0.717) is 27.3 Å². The summed E-state index contributed by atoms with van der Waals surface area (Å²) in [5, 5.41) is 9.71. The number of thioether (sulfide) groups is 1. The molecule has 2 aromatic heterocycles. The molecule has 5 aromatic rings. The van der Waals surface area contributed by atoms with Crippen LogP contribution in [0, 0.1) is 5.82 Å². The van der Waals surface area contributed by atoms with Crippen LogP contribution >= 0.6 is 34.7 Å². The first-order chi connectivity index (χ1) is 15.6. The van der Waals surface area contributed by atoms with E-state index in [1.54, 1.807) is 16.7 Å². The van der Waals surface area contributed by atoms with Gasteiger partial charge in [0.15, 0.2) is 11.0 Å². The van der Waals surface area contributed by atoms with Crippen molar-refractivity contribution in [1.29, 1.82) is 0 Å². The standard InChI is InChI=1S/C23H16ClFN4OS2/c24-17-9-6-10-18(25)16(17)14-31-22-27-26-21(29(22)15-7-2-1-3-8-15)13-28-19-11-4-5-12-20(19)32-23(28)30/h1-12H,13-14H2. The average molecular weight is 483 g/mol. The van der Waals surface area contributed by atoms with E-state index in [9.17, 15) is 9.18 Å². The van der Waals surface area contributed by atoms with Gasteiger partial charge in [-0.15, -0.1) is 10.2 Å². The third-order valence-corrected chi connectivity index (χ3v) is 7.26. The van der Waals surface area contributed by atoms with Crippen molar-refractivity contribution in [3.8, 4) is 5.69 Å². The third kappa shape index (κ3) is 3.97. The predicted octanol–water partition coefficient (Wildman–Crippen LogP) is 5.78. The smallest absolute Gasteiger partial charge is 0.291 e. The lowest BCUT2D eigenvalue weighted by Gasteiger charge is -2.11. The van der Waals surface area contributed by atoms with Crippen LogP contribution in [0.15, 0.2) is 82.7 Å². The SMILES string of the molecule is O=c1sc2ccccc2n1Cc1nnc(SCc2c(F)cccc2Cl)n1-c1ccccc1. The molecule has 0 saturated heterocycles. The number of hydrogen-bond donors (Lipinski definition) is 0. The molecule has 5 nitrogen and oxygen atoms in total. The largest absolute Gasteiger partial charge is 0.308 e. The van der Waals surface area contributed by atoms with Gasteiger partial charge in [0, 0.05) is 22.0 Å². The van der Waals surface area contributed by atoms with Gasteiger partial charge in [-0.05, 0) is 36.4 Å². The Bertz CT molecular complexity index is 1440. The van der Waals surface area contributed by atoms with Gasteiger partial charge in [0.05, 0.1) is 16.8 Å². The summed E-state index contributed by atoms with van der Waals surface area (Å²) in [6, 6.07) is 22.0. The van der Waals surface area contributed by atoms with Crippen molar-refractivity contribution >= 4 is 44.9 Å². The molecule has 0 radical (unpaired) electrons. The maximum atomic E-state index is 14.2. The molecule has 32 heavy (non-hydrogen) atoms. The van der Waals surface area contributed by atoms with E-state index in [-0.39, 0.29) is 17.2 Å². The van der Waals surface area contributed by atoms with Crippen molar-refractivity contribution in [2.45, 2.75) is 17.5 Å². The Labute approximate surface area is 196 Å². The molecule has 0 bridgehead atoms. The molecule has 0 N–H and O–H groups in total. The van der Waals surface area contributed by atoms with Gasteiger partial charge in [0.25, 0.3) is 0 Å². The molecule has 5 rings (SSSR count). The molecule has 9 heteroatoms. The molecular formula is C23H16ClFN4OS2. The average Bonchev–Trinajstić information content (AvgIpc) is 3.35. The summed E-state index contributed by atoms with van der Waals surface area (Å²) in [5.74, 6) is 0.564. The molecular weight excluding hydrogens is 467 g/mol. The second kappa shape index (κ2) is 8.90. The molecule has 0 fully saturated rings. The van der Waals surface area contributed by atoms with Crippen LogP contribution in [0.3, 0.4) is 0 Å². The summed E-state index contributed by atoms with van der Waals surface area (Å²) >= 11 is 8.74. The molecule has 160 valence electrons. The molecule has 3 aromatic carbocycles. The number of halogens is 2. The number of para-hydroxylation sites is 2. The lowest BCUT2D eigenvalue weighted by molar-refractivity contribution is 0.617. The van der Waals surface area contributed by atoms with Gasteiger partial charge in [0.2, 0.25) is 0 Å². The van der Waals surface area contributed by atoms with Gasteiger partial charge in [-0.3, -0.25) is 13.9 Å². The second-order valence-electron chi connectivity index (χ2n) is 6.98. The van der Waals surface area contributed by atoms with Gasteiger partial charge in [-0.2, -0.15) is 0 Å². The van der Waals surface area contributed by atoms with E-state index in [1.165, 1.54) is 29.2 Å². The van der Waals surface area contributed by atoms with Gasteiger partial charge in [-0.1, -0.05) is 71.1 Å². The van der Waals surface area contributed by atoms with Crippen molar-refractivity contribution in [1.82, 2.24) is 19.3 Å². The molecule has 0 amide bonds. The highest BCUT2D eigenvalue weighted by molar-refractivity contribution is 7.98. The lowest BCUT2D eigenvalue weighted by atomic mass is 10.2. The zero-order chi connectivity index (χ0) is 22.1. The van der Waals surface area contributed by atoms with Gasteiger partial charge >= 0.3 is 4.87 Å². The summed E-state index contributed by atoms with van der Waals surface area (Å²) in [6.07, 6.45) is 0. The van der Waals surface area contributed by atoms with Crippen molar-refractivity contribution in [2.75, 3.05) is 0 Å². The summed E-state index contributed by atoms with van der Waals surface area (Å²) in [5.41, 5.74) is 2.14. The maximum Gasteiger partial charge on any atom is 0.308 e. The molecule has 0 aliphatic rings. The van der Waals surface area contributed by atoms with Crippen LogP contribution < -0.4 is 4.87 Å². The van der Waals surface area contributed by atoms with Crippen LogP contribution in [0.2, 0.25) is 5.02 Å². The fourth-order valence-corrected chi connectivity index (χ4v) is 5.65. The first-order valence-corrected chi connectivity index (χ1v) is 11.9. The predicted molar refractivity (Wildman–Crippen MR) is 128 cm³/mol. The van der Waals surface area contributed by atoms with E-state index in [2.05, 4.69) is 10.2 Å². The Morgan fingerprint density at radius 2 is 1.75 bits per heavy atom. The van der Waals surface area contributed by atoms with Crippen molar-refractivity contribution in [2.24, 2.45) is 0 Å². The first kappa shape index (κ1) is 20.9. The summed E-state index contributed by atoms with van der Waals surface area (Å²) in [7, 11) is 0. The minimum Gasteiger partial charge on any atom is -0.291 e. The van der Waals surface area contributed by atoms with Crippen molar-refractivity contribution in [3.63, 3.8) is 0 Å². The number of nitrogens with zero attached hydrogens (tertiary/aromatic N) is 4. The molecule has 2 heterocycles. The van der Waals surface area contributed by atoms with E-state index in [4.69, 9.17) is 11.6 Å². The molecule has 0 unspecified atom stereocenters. The third-order valence-electron chi connectivity index (χ3n) is 5.00. The van der Waals surface area contributed by atoms with E-state index in [0.717, 1.165) is 15.9 Å². The monoisotopic (exact) mass is 482 g/mol. The maximum absolute atomic E-state index is 14.2. The minimum absolute atomic E-state index is 0.0545. The number of benzene rings is 3. The Morgan fingerprint density at radius 1 is 0.969 bits per heavy atom. The van der Waals surface area contributed by atoms with Gasteiger partial charge < -0.3 is 0 Å².